The summed E-state index contributed by atoms with van der Waals surface area (Å²) in [5.74, 6) is 0.171. The van der Waals surface area contributed by atoms with E-state index in [0.29, 0.717) is 5.33 Å². The Hall–Kier alpha value is -0.0900. The number of piperidine rings is 1. The summed E-state index contributed by atoms with van der Waals surface area (Å²) >= 11 is 3.18. The molecule has 13 heavy (non-hydrogen) atoms. The number of carbonyl (C=O) groups excluding carboxylic acids is 1. The third-order valence-electron chi connectivity index (χ3n) is 2.25. The van der Waals surface area contributed by atoms with Crippen molar-refractivity contribution in [2.45, 2.75) is 25.9 Å². The Balaban J connectivity index is 2.37. The number of rotatable bonds is 3. The number of ether oxygens (including phenoxy) is 1. The van der Waals surface area contributed by atoms with Crippen molar-refractivity contribution in [2.24, 2.45) is 0 Å². The summed E-state index contributed by atoms with van der Waals surface area (Å²) in [6, 6.07) is 0. The van der Waals surface area contributed by atoms with Gasteiger partial charge in [-0.1, -0.05) is 15.9 Å². The number of halogens is 1. The minimum atomic E-state index is 0.171. The van der Waals surface area contributed by atoms with E-state index in [4.69, 9.17) is 4.74 Å². The van der Waals surface area contributed by atoms with Crippen LogP contribution in [0.1, 0.15) is 19.8 Å². The van der Waals surface area contributed by atoms with Crippen molar-refractivity contribution in [1.82, 2.24) is 4.90 Å². The van der Waals surface area contributed by atoms with Crippen LogP contribution in [0.4, 0.5) is 0 Å². The van der Waals surface area contributed by atoms with Gasteiger partial charge in [0, 0.05) is 19.7 Å². The van der Waals surface area contributed by atoms with Crippen molar-refractivity contribution in [2.75, 3.05) is 25.0 Å². The van der Waals surface area contributed by atoms with Crippen molar-refractivity contribution in [1.29, 1.82) is 0 Å². The maximum Gasteiger partial charge on any atom is 0.233 e. The topological polar surface area (TPSA) is 29.5 Å². The summed E-state index contributed by atoms with van der Waals surface area (Å²) in [7, 11) is 0. The summed E-state index contributed by atoms with van der Waals surface area (Å²) in [6.45, 7) is 4.37. The number of amides is 1. The second kappa shape index (κ2) is 5.60. The molecule has 1 amide bonds. The summed E-state index contributed by atoms with van der Waals surface area (Å²) in [5, 5.41) is 0.422. The van der Waals surface area contributed by atoms with Gasteiger partial charge in [-0.15, -0.1) is 0 Å². The lowest BCUT2D eigenvalue weighted by Gasteiger charge is -2.32. The number of hydrogen-bond acceptors (Lipinski definition) is 2. The van der Waals surface area contributed by atoms with Crippen LogP contribution in [0.25, 0.3) is 0 Å². The van der Waals surface area contributed by atoms with Crippen molar-refractivity contribution in [3.05, 3.63) is 0 Å². The minimum Gasteiger partial charge on any atom is -0.377 e. The largest absolute Gasteiger partial charge is 0.377 e. The van der Waals surface area contributed by atoms with Gasteiger partial charge in [0.2, 0.25) is 5.91 Å². The first-order valence-corrected chi connectivity index (χ1v) is 5.85. The normalized spacial score (nSPS) is 23.2. The van der Waals surface area contributed by atoms with Crippen molar-refractivity contribution < 1.29 is 9.53 Å². The highest BCUT2D eigenvalue weighted by molar-refractivity contribution is 9.09. The molecule has 0 aliphatic carbocycles. The van der Waals surface area contributed by atoms with Crippen LogP contribution < -0.4 is 0 Å². The van der Waals surface area contributed by atoms with Crippen LogP contribution >= 0.6 is 15.9 Å². The minimum absolute atomic E-state index is 0.171. The molecule has 0 radical (unpaired) electrons. The molecule has 4 heteroatoms. The van der Waals surface area contributed by atoms with Gasteiger partial charge >= 0.3 is 0 Å². The maximum atomic E-state index is 11.3. The molecule has 0 spiro atoms. The van der Waals surface area contributed by atoms with E-state index in [2.05, 4.69) is 15.9 Å². The zero-order valence-electron chi connectivity index (χ0n) is 7.96. The van der Waals surface area contributed by atoms with Crippen LogP contribution in [0.5, 0.6) is 0 Å². The maximum absolute atomic E-state index is 11.3. The Morgan fingerprint density at radius 3 is 3.08 bits per heavy atom. The molecular weight excluding hydrogens is 234 g/mol. The van der Waals surface area contributed by atoms with E-state index in [1.807, 2.05) is 11.8 Å². The van der Waals surface area contributed by atoms with Crippen LogP contribution in [0.15, 0.2) is 0 Å². The molecule has 1 atom stereocenters. The van der Waals surface area contributed by atoms with E-state index in [9.17, 15) is 4.79 Å². The van der Waals surface area contributed by atoms with Gasteiger partial charge < -0.3 is 9.64 Å². The monoisotopic (exact) mass is 249 g/mol. The zero-order valence-corrected chi connectivity index (χ0v) is 9.55. The van der Waals surface area contributed by atoms with Gasteiger partial charge in [0.05, 0.1) is 11.4 Å². The second-order valence-corrected chi connectivity index (χ2v) is 3.75. The van der Waals surface area contributed by atoms with Crippen LogP contribution in [0, 0.1) is 0 Å². The molecule has 1 aliphatic heterocycles. The fourth-order valence-corrected chi connectivity index (χ4v) is 1.98. The average Bonchev–Trinajstić information content (AvgIpc) is 2.18. The molecule has 1 unspecified atom stereocenters. The van der Waals surface area contributed by atoms with Crippen LogP contribution in [-0.4, -0.2) is 41.9 Å². The summed E-state index contributed by atoms with van der Waals surface area (Å²) in [6.07, 6.45) is 2.39. The second-order valence-electron chi connectivity index (χ2n) is 3.19. The Morgan fingerprint density at radius 1 is 1.69 bits per heavy atom. The molecule has 1 saturated heterocycles. The van der Waals surface area contributed by atoms with E-state index in [1.165, 1.54) is 0 Å². The van der Waals surface area contributed by atoms with Gasteiger partial charge in [-0.25, -0.2) is 0 Å². The zero-order chi connectivity index (χ0) is 9.68. The Labute approximate surface area is 87.6 Å². The molecule has 1 fully saturated rings. The molecule has 0 aromatic rings. The summed E-state index contributed by atoms with van der Waals surface area (Å²) in [4.78, 5) is 13.2. The highest BCUT2D eigenvalue weighted by Gasteiger charge is 2.22. The Kier molecular flexibility index (Phi) is 4.73. The number of carbonyl (C=O) groups is 1. The molecule has 1 heterocycles. The van der Waals surface area contributed by atoms with E-state index < -0.39 is 0 Å². The van der Waals surface area contributed by atoms with Crippen LogP contribution in [-0.2, 0) is 9.53 Å². The Bertz CT molecular complexity index is 173. The number of alkyl halides is 1. The van der Waals surface area contributed by atoms with E-state index in [1.54, 1.807) is 0 Å². The first-order chi connectivity index (χ1) is 6.27. The molecule has 0 aromatic heterocycles. The molecule has 3 nitrogen and oxygen atoms in total. The van der Waals surface area contributed by atoms with E-state index >= 15 is 0 Å². The summed E-state index contributed by atoms with van der Waals surface area (Å²) in [5.41, 5.74) is 0. The number of hydrogen-bond donors (Lipinski definition) is 0. The fourth-order valence-electron chi connectivity index (χ4n) is 1.62. The third-order valence-corrected chi connectivity index (χ3v) is 2.73. The average molecular weight is 250 g/mol. The van der Waals surface area contributed by atoms with Gasteiger partial charge in [-0.05, 0) is 19.8 Å². The van der Waals surface area contributed by atoms with Gasteiger partial charge in [-0.3, -0.25) is 4.79 Å². The molecule has 0 saturated carbocycles. The van der Waals surface area contributed by atoms with Crippen molar-refractivity contribution in [3.8, 4) is 0 Å². The molecular formula is C9H16BrNO2. The third kappa shape index (κ3) is 3.27. The molecule has 0 aromatic carbocycles. The fraction of sp³-hybridized carbons (Fsp3) is 0.889. The predicted octanol–water partition coefficient (Wildman–Crippen LogP) is 1.41. The Morgan fingerprint density at radius 2 is 2.46 bits per heavy atom. The highest BCUT2D eigenvalue weighted by Crippen LogP contribution is 2.13. The standard InChI is InChI=1S/C9H16BrNO2/c1-2-13-8-4-3-5-11(7-8)9(12)6-10/h8H,2-7H2,1H3. The van der Waals surface area contributed by atoms with Crippen LogP contribution in [0.3, 0.4) is 0 Å². The smallest absolute Gasteiger partial charge is 0.233 e. The molecule has 0 bridgehead atoms. The summed E-state index contributed by atoms with van der Waals surface area (Å²) < 4.78 is 5.50. The van der Waals surface area contributed by atoms with Gasteiger partial charge in [0.25, 0.3) is 0 Å². The van der Waals surface area contributed by atoms with Crippen LogP contribution in [0.2, 0.25) is 0 Å². The lowest BCUT2D eigenvalue weighted by Crippen LogP contribution is -2.43. The van der Waals surface area contributed by atoms with E-state index in [0.717, 1.165) is 32.5 Å². The lowest BCUT2D eigenvalue weighted by atomic mass is 10.1. The number of nitrogens with zero attached hydrogens (tertiary/aromatic N) is 1. The predicted molar refractivity (Wildman–Crippen MR) is 55.0 cm³/mol. The quantitative estimate of drug-likeness (QED) is 0.709. The number of likely N-dealkylation sites (tertiary alicyclic amines) is 1. The SMILES string of the molecule is CCOC1CCCN(C(=O)CBr)C1. The first-order valence-electron chi connectivity index (χ1n) is 4.73. The van der Waals surface area contributed by atoms with Crippen molar-refractivity contribution >= 4 is 21.8 Å². The first kappa shape index (κ1) is 11.0. The van der Waals surface area contributed by atoms with Crippen molar-refractivity contribution in [3.63, 3.8) is 0 Å². The van der Waals surface area contributed by atoms with Gasteiger partial charge in [0.15, 0.2) is 0 Å². The van der Waals surface area contributed by atoms with E-state index in [-0.39, 0.29) is 12.0 Å². The highest BCUT2D eigenvalue weighted by atomic mass is 79.9. The molecule has 1 aliphatic rings. The molecule has 1 rings (SSSR count). The van der Waals surface area contributed by atoms with Gasteiger partial charge in [0.1, 0.15) is 0 Å². The van der Waals surface area contributed by atoms with Gasteiger partial charge in [-0.2, -0.15) is 0 Å². The lowest BCUT2D eigenvalue weighted by molar-refractivity contribution is -0.132. The molecule has 76 valence electrons. The molecule has 0 N–H and O–H groups in total.